The van der Waals surface area contributed by atoms with Gasteiger partial charge in [0, 0.05) is 41.7 Å². The second-order valence-electron chi connectivity index (χ2n) is 18.1. The molecule has 0 fully saturated rings. The maximum Gasteiger partial charge on any atom is 0.343 e. The first-order valence-electron chi connectivity index (χ1n) is 23.6. The van der Waals surface area contributed by atoms with Crippen LogP contribution in [0.2, 0.25) is 0 Å². The average Bonchev–Trinajstić information content (AvgIpc) is 3.67. The molecule has 13 heteroatoms. The van der Waals surface area contributed by atoms with Gasteiger partial charge in [-0.2, -0.15) is 0 Å². The summed E-state index contributed by atoms with van der Waals surface area (Å²) < 4.78 is 30.7. The van der Waals surface area contributed by atoms with E-state index in [1.165, 1.54) is 19.3 Å². The number of cyclic esters (lactones) is 1. The van der Waals surface area contributed by atoms with E-state index < -0.39 is 29.1 Å². The molecule has 0 aliphatic carbocycles. The Balaban J connectivity index is 0.946. The minimum Gasteiger partial charge on any atom is -0.479 e. The van der Waals surface area contributed by atoms with Gasteiger partial charge < -0.3 is 33.4 Å². The molecule has 2 atom stereocenters. The number of fused-ring (bicyclic) bond motifs is 6. The molecule has 0 radical (unpaired) electrons. The third-order valence-electron chi connectivity index (χ3n) is 13.8. The Morgan fingerprint density at radius 3 is 2.25 bits per heavy atom. The molecule has 5 heterocycles. The van der Waals surface area contributed by atoms with Crippen LogP contribution in [0.3, 0.4) is 0 Å². The third kappa shape index (κ3) is 9.50. The number of nitrogens with zero attached hydrogens (tertiary/aromatic N) is 2. The van der Waals surface area contributed by atoms with Crippen LogP contribution in [0.5, 0.6) is 17.2 Å². The molecule has 4 aromatic rings. The summed E-state index contributed by atoms with van der Waals surface area (Å²) in [5.41, 5.74) is 4.07. The number of pyridine rings is 2. The van der Waals surface area contributed by atoms with Crippen LogP contribution >= 0.6 is 0 Å². The van der Waals surface area contributed by atoms with Crippen LogP contribution in [0, 0.1) is 20.8 Å². The number of esters is 3. The van der Waals surface area contributed by atoms with Crippen LogP contribution in [0.15, 0.2) is 29.1 Å². The van der Waals surface area contributed by atoms with E-state index >= 15 is 0 Å². The molecule has 2 aromatic heterocycles. The fraction of sp³-hybridized carbons (Fsp3) is 0.538. The fourth-order valence-electron chi connectivity index (χ4n) is 9.58. The van der Waals surface area contributed by atoms with Gasteiger partial charge in [-0.05, 0) is 119 Å². The minimum atomic E-state index is -1.92. The number of benzene rings is 2. The number of aryl methyl sites for hydroxylation is 1. The molecule has 0 bridgehead atoms. The van der Waals surface area contributed by atoms with Crippen molar-refractivity contribution in [2.24, 2.45) is 0 Å². The van der Waals surface area contributed by atoms with Crippen molar-refractivity contribution in [2.45, 2.75) is 169 Å². The van der Waals surface area contributed by atoms with Gasteiger partial charge in [0.05, 0.1) is 41.9 Å². The molecular weight excluding hydrogens is 829 g/mol. The Morgan fingerprint density at radius 1 is 0.831 bits per heavy atom. The number of rotatable bonds is 20. The second-order valence-corrected chi connectivity index (χ2v) is 18.1. The zero-order valence-electron chi connectivity index (χ0n) is 39.2. The normalized spacial score (nSPS) is 18.3. The van der Waals surface area contributed by atoms with E-state index in [2.05, 4.69) is 6.92 Å². The fourth-order valence-corrected chi connectivity index (χ4v) is 9.58. The molecule has 1 N–H and O–H groups in total. The standard InChI is InChI=1S/C52H64N2O11/c1-8-11-12-16-25-61-26-17-14-13-15-18-43(55)51(7)24-23-36-33(6)47(31(4)32(5)48(36)65-51)64-45(57)22-21-44(56)63-34-19-20-41-37(27-34)35(9-2)38-29-54-42(46(38)53-41)28-40-39(49(54)58)30-62-50(59)52(40,60)10-3/h19-20,27-28,60H,8-18,21-26,29-30H2,1-7H3/t51-,52-/m0/s1. The molecule has 0 spiro atoms. The molecule has 0 saturated carbocycles. The van der Waals surface area contributed by atoms with Crippen LogP contribution in [0.1, 0.15) is 156 Å². The zero-order chi connectivity index (χ0) is 46.6. The summed E-state index contributed by atoms with van der Waals surface area (Å²) in [5, 5.41) is 12.0. The van der Waals surface area contributed by atoms with Gasteiger partial charge in [0.2, 0.25) is 0 Å². The first-order chi connectivity index (χ1) is 31.1. The number of carbonyl (C=O) groups is 4. The number of aromatic nitrogens is 2. The Morgan fingerprint density at radius 2 is 1.54 bits per heavy atom. The van der Waals surface area contributed by atoms with Gasteiger partial charge in [0.25, 0.3) is 5.56 Å². The summed E-state index contributed by atoms with van der Waals surface area (Å²) in [4.78, 5) is 71.1. The average molecular weight is 893 g/mol. The Bertz CT molecular complexity index is 2580. The van der Waals surface area contributed by atoms with E-state index in [9.17, 15) is 29.1 Å². The van der Waals surface area contributed by atoms with E-state index in [-0.39, 0.29) is 60.6 Å². The molecule has 3 aliphatic rings. The SMILES string of the molecule is CCCCCCOCCCCCCC(=O)[C@]1(C)CCc2c(C)c(OC(=O)CCC(=O)Oc3ccc4nc5c(c(CC)c4c3)Cn3c-5cc4c(c3=O)COC(=O)[C@]4(O)CC)c(C)c(C)c2O1. The molecule has 7 rings (SSSR count). The van der Waals surface area contributed by atoms with E-state index in [1.54, 1.807) is 35.8 Å². The zero-order valence-corrected chi connectivity index (χ0v) is 39.2. The summed E-state index contributed by atoms with van der Waals surface area (Å²) in [6, 6.07) is 6.81. The smallest absolute Gasteiger partial charge is 0.343 e. The predicted octanol–water partition coefficient (Wildman–Crippen LogP) is 9.06. The largest absolute Gasteiger partial charge is 0.479 e. The number of Topliss-reactive ketones (excluding diaryl/α,β-unsaturated/α-hetero) is 1. The van der Waals surface area contributed by atoms with Crippen molar-refractivity contribution >= 4 is 34.6 Å². The maximum absolute atomic E-state index is 13.7. The van der Waals surface area contributed by atoms with Gasteiger partial charge in [-0.25, -0.2) is 9.78 Å². The number of hydrogen-bond donors (Lipinski definition) is 1. The van der Waals surface area contributed by atoms with Crippen molar-refractivity contribution in [3.8, 4) is 28.6 Å². The number of ketones is 1. The summed E-state index contributed by atoms with van der Waals surface area (Å²) in [6.07, 6.45) is 10.5. The number of ether oxygens (including phenoxy) is 5. The molecule has 0 saturated heterocycles. The topological polar surface area (TPSA) is 170 Å². The van der Waals surface area contributed by atoms with Crippen LogP contribution in [-0.2, 0) is 60.2 Å². The summed E-state index contributed by atoms with van der Waals surface area (Å²) >= 11 is 0. The lowest BCUT2D eigenvalue weighted by Crippen LogP contribution is -2.44. The third-order valence-corrected chi connectivity index (χ3v) is 13.8. The van der Waals surface area contributed by atoms with Crippen molar-refractivity contribution in [1.82, 2.24) is 9.55 Å². The number of unbranched alkanes of at least 4 members (excludes halogenated alkanes) is 6. The van der Waals surface area contributed by atoms with E-state index in [4.69, 9.17) is 28.7 Å². The first-order valence-corrected chi connectivity index (χ1v) is 23.6. The van der Waals surface area contributed by atoms with Gasteiger partial charge in [-0.1, -0.05) is 52.9 Å². The minimum absolute atomic E-state index is 0.0497. The Kier molecular flexibility index (Phi) is 14.6. The molecular formula is C52H64N2O11. The summed E-state index contributed by atoms with van der Waals surface area (Å²) in [6.45, 7) is 15.1. The van der Waals surface area contributed by atoms with Crippen LogP contribution in [0.4, 0.5) is 0 Å². The molecule has 2 aromatic carbocycles. The molecule has 13 nitrogen and oxygen atoms in total. The number of hydrogen-bond acceptors (Lipinski definition) is 12. The van der Waals surface area contributed by atoms with Crippen molar-refractivity contribution in [1.29, 1.82) is 0 Å². The highest BCUT2D eigenvalue weighted by atomic mass is 16.6. The lowest BCUT2D eigenvalue weighted by atomic mass is 9.84. The van der Waals surface area contributed by atoms with Gasteiger partial charge in [-0.3, -0.25) is 19.2 Å². The summed E-state index contributed by atoms with van der Waals surface area (Å²) in [7, 11) is 0. The van der Waals surface area contributed by atoms with Gasteiger partial charge >= 0.3 is 17.9 Å². The van der Waals surface area contributed by atoms with Gasteiger partial charge in [-0.15, -0.1) is 0 Å². The highest BCUT2D eigenvalue weighted by Gasteiger charge is 2.46. The number of carbonyl (C=O) groups excluding carboxylic acids is 4. The van der Waals surface area contributed by atoms with Crippen molar-refractivity contribution in [3.63, 3.8) is 0 Å². The Labute approximate surface area is 381 Å². The monoisotopic (exact) mass is 892 g/mol. The van der Waals surface area contributed by atoms with Crippen LogP contribution in [-0.4, -0.2) is 57.2 Å². The lowest BCUT2D eigenvalue weighted by molar-refractivity contribution is -0.172. The Hall–Kier alpha value is -5.40. The quantitative estimate of drug-likeness (QED) is 0.0448. The van der Waals surface area contributed by atoms with E-state index in [1.807, 2.05) is 34.6 Å². The molecule has 3 aliphatic heterocycles. The van der Waals surface area contributed by atoms with Gasteiger partial charge in [0.15, 0.2) is 17.0 Å². The highest BCUT2D eigenvalue weighted by Crippen LogP contribution is 2.45. The van der Waals surface area contributed by atoms with Crippen molar-refractivity contribution < 1.29 is 48.0 Å². The van der Waals surface area contributed by atoms with Crippen LogP contribution in [0.25, 0.3) is 22.3 Å². The first kappa shape index (κ1) is 47.6. The molecule has 0 amide bonds. The van der Waals surface area contributed by atoms with Crippen molar-refractivity contribution in [3.05, 3.63) is 79.1 Å². The van der Waals surface area contributed by atoms with Gasteiger partial charge in [0.1, 0.15) is 23.9 Å². The van der Waals surface area contributed by atoms with E-state index in [0.717, 1.165) is 84.1 Å². The number of aliphatic hydroxyl groups is 1. The second kappa shape index (κ2) is 20.0. The summed E-state index contributed by atoms with van der Waals surface area (Å²) in [5.74, 6) is -0.439. The predicted molar refractivity (Wildman–Crippen MR) is 245 cm³/mol. The highest BCUT2D eigenvalue weighted by molar-refractivity contribution is 5.91. The van der Waals surface area contributed by atoms with Crippen LogP contribution < -0.4 is 19.8 Å². The maximum atomic E-state index is 13.7. The lowest BCUT2D eigenvalue weighted by Gasteiger charge is -2.37. The molecule has 65 heavy (non-hydrogen) atoms. The van der Waals surface area contributed by atoms with E-state index in [0.29, 0.717) is 54.1 Å². The molecule has 348 valence electrons. The molecule has 0 unspecified atom stereocenters. The van der Waals surface area contributed by atoms with Crippen molar-refractivity contribution in [2.75, 3.05) is 13.2 Å².